The summed E-state index contributed by atoms with van der Waals surface area (Å²) in [6, 6.07) is 15.4. The van der Waals surface area contributed by atoms with Crippen LogP contribution >= 0.6 is 0 Å². The average molecular weight is 470 g/mol. The Morgan fingerprint density at radius 3 is 2.24 bits per heavy atom. The molecule has 0 radical (unpaired) electrons. The third-order valence-corrected chi connectivity index (χ3v) is 5.01. The molecule has 9 heteroatoms. The van der Waals surface area contributed by atoms with Gasteiger partial charge in [0.15, 0.2) is 11.5 Å². The van der Waals surface area contributed by atoms with E-state index in [1.165, 1.54) is 68.8 Å². The lowest BCUT2D eigenvalue weighted by Crippen LogP contribution is -2.16. The molecule has 0 amide bonds. The van der Waals surface area contributed by atoms with Gasteiger partial charge in [-0.2, -0.15) is 13.2 Å². The Balaban J connectivity index is 1.76. The molecule has 3 aromatic carbocycles. The van der Waals surface area contributed by atoms with Crippen molar-refractivity contribution in [1.29, 1.82) is 0 Å². The van der Waals surface area contributed by atoms with E-state index >= 15 is 0 Å². The Morgan fingerprint density at radius 1 is 0.882 bits per heavy atom. The van der Waals surface area contributed by atoms with E-state index in [0.717, 1.165) is 6.07 Å². The van der Waals surface area contributed by atoms with Gasteiger partial charge in [0, 0.05) is 6.07 Å². The van der Waals surface area contributed by atoms with Gasteiger partial charge in [-0.3, -0.25) is 4.79 Å². The van der Waals surface area contributed by atoms with Gasteiger partial charge < -0.3 is 18.6 Å². The van der Waals surface area contributed by atoms with Crippen molar-refractivity contribution < 1.29 is 36.6 Å². The second-order valence-corrected chi connectivity index (χ2v) is 7.12. The molecule has 0 saturated carbocycles. The fourth-order valence-corrected chi connectivity index (χ4v) is 3.43. The Bertz CT molecular complexity index is 1420. The summed E-state index contributed by atoms with van der Waals surface area (Å²) < 4.78 is 62.0. The number of ether oxygens (including phenoxy) is 3. The van der Waals surface area contributed by atoms with Crippen LogP contribution in [0.5, 0.6) is 17.2 Å². The molecule has 6 nitrogen and oxygen atoms in total. The highest BCUT2D eigenvalue weighted by molar-refractivity contribution is 5.92. The first-order chi connectivity index (χ1) is 16.2. The highest BCUT2D eigenvalue weighted by Crippen LogP contribution is 2.38. The highest BCUT2D eigenvalue weighted by Gasteiger charge is 2.39. The summed E-state index contributed by atoms with van der Waals surface area (Å²) in [5, 5.41) is -0.0854. The molecule has 0 saturated heterocycles. The molecule has 0 unspecified atom stereocenters. The predicted molar refractivity (Wildman–Crippen MR) is 117 cm³/mol. The number of fused-ring (bicyclic) bond motifs is 1. The smallest absolute Gasteiger partial charge is 0.450 e. The van der Waals surface area contributed by atoms with Crippen molar-refractivity contribution in [3.63, 3.8) is 0 Å². The molecule has 0 bridgehead atoms. The number of esters is 1. The Morgan fingerprint density at radius 2 is 1.59 bits per heavy atom. The average Bonchev–Trinajstić information content (AvgIpc) is 2.83. The number of benzene rings is 3. The molecule has 34 heavy (non-hydrogen) atoms. The molecule has 174 valence electrons. The molecule has 1 aromatic heterocycles. The maximum absolute atomic E-state index is 13.8. The summed E-state index contributed by atoms with van der Waals surface area (Å²) in [4.78, 5) is 25.5. The van der Waals surface area contributed by atoms with E-state index in [9.17, 15) is 22.8 Å². The van der Waals surface area contributed by atoms with Crippen LogP contribution < -0.4 is 19.6 Å². The molecule has 0 aliphatic heterocycles. The van der Waals surface area contributed by atoms with Crippen molar-refractivity contribution in [2.45, 2.75) is 6.18 Å². The lowest BCUT2D eigenvalue weighted by Gasteiger charge is -2.13. The SMILES string of the molecule is COc1ccc(C(=O)Oc2ccc3c(=O)c(-c4ccccc4)c(C(F)(F)F)oc3c2)cc1OC. The van der Waals surface area contributed by atoms with Crippen LogP contribution in [-0.2, 0) is 6.18 Å². The lowest BCUT2D eigenvalue weighted by atomic mass is 10.0. The molecule has 0 aliphatic carbocycles. The summed E-state index contributed by atoms with van der Waals surface area (Å²) in [7, 11) is 2.84. The van der Waals surface area contributed by atoms with Gasteiger partial charge >= 0.3 is 12.1 Å². The van der Waals surface area contributed by atoms with Gasteiger partial charge in [0.1, 0.15) is 11.3 Å². The highest BCUT2D eigenvalue weighted by atomic mass is 19.4. The Hall–Kier alpha value is -4.27. The molecule has 0 N–H and O–H groups in total. The molecule has 4 aromatic rings. The maximum Gasteiger partial charge on any atom is 0.450 e. The quantitative estimate of drug-likeness (QED) is 0.275. The van der Waals surface area contributed by atoms with Crippen LogP contribution in [0.4, 0.5) is 13.2 Å². The molecule has 1 heterocycles. The van der Waals surface area contributed by atoms with Crippen molar-refractivity contribution >= 4 is 16.9 Å². The number of carbonyl (C=O) groups is 1. The van der Waals surface area contributed by atoms with E-state index in [0.29, 0.717) is 11.5 Å². The fourth-order valence-electron chi connectivity index (χ4n) is 3.43. The summed E-state index contributed by atoms with van der Waals surface area (Å²) in [6.45, 7) is 0. The van der Waals surface area contributed by atoms with Crippen molar-refractivity contribution in [3.05, 3.63) is 88.3 Å². The number of alkyl halides is 3. The number of hydrogen-bond donors (Lipinski definition) is 0. The van der Waals surface area contributed by atoms with E-state index in [1.807, 2.05) is 0 Å². The summed E-state index contributed by atoms with van der Waals surface area (Å²) >= 11 is 0. The van der Waals surface area contributed by atoms with Gasteiger partial charge in [0.05, 0.1) is 30.7 Å². The summed E-state index contributed by atoms with van der Waals surface area (Å²) in [6.07, 6.45) is -4.93. The zero-order chi connectivity index (χ0) is 24.5. The number of carbonyl (C=O) groups excluding carboxylic acids is 1. The fraction of sp³-hybridized carbons (Fsp3) is 0.120. The first-order valence-electron chi connectivity index (χ1n) is 9.90. The van der Waals surface area contributed by atoms with E-state index in [4.69, 9.17) is 18.6 Å². The van der Waals surface area contributed by atoms with E-state index in [2.05, 4.69) is 0 Å². The topological polar surface area (TPSA) is 75.0 Å². The summed E-state index contributed by atoms with van der Waals surface area (Å²) in [5.41, 5.74) is -1.60. The minimum Gasteiger partial charge on any atom is -0.493 e. The summed E-state index contributed by atoms with van der Waals surface area (Å²) in [5.74, 6) is -1.62. The molecular weight excluding hydrogens is 453 g/mol. The standard InChI is InChI=1S/C25H17F3O6/c1-31-18-11-8-15(12-20(18)32-2)24(30)33-16-9-10-17-19(13-16)34-23(25(26,27)28)21(22(17)29)14-6-4-3-5-7-14/h3-13H,1-2H3. The number of hydrogen-bond acceptors (Lipinski definition) is 6. The Labute approximate surface area is 191 Å². The van der Waals surface area contributed by atoms with Crippen molar-refractivity contribution in [3.8, 4) is 28.4 Å². The van der Waals surface area contributed by atoms with E-state index < -0.39 is 28.9 Å². The third-order valence-electron chi connectivity index (χ3n) is 5.01. The van der Waals surface area contributed by atoms with Crippen LogP contribution in [0.25, 0.3) is 22.1 Å². The van der Waals surface area contributed by atoms with Crippen LogP contribution in [0.15, 0.2) is 75.9 Å². The minimum atomic E-state index is -4.93. The Kier molecular flexibility index (Phi) is 6.02. The second kappa shape index (κ2) is 8.93. The second-order valence-electron chi connectivity index (χ2n) is 7.12. The van der Waals surface area contributed by atoms with E-state index in [1.54, 1.807) is 6.07 Å². The molecule has 0 aliphatic rings. The van der Waals surface area contributed by atoms with Crippen molar-refractivity contribution in [1.82, 2.24) is 0 Å². The van der Waals surface area contributed by atoms with Crippen molar-refractivity contribution in [2.75, 3.05) is 14.2 Å². The monoisotopic (exact) mass is 470 g/mol. The maximum atomic E-state index is 13.8. The van der Waals surface area contributed by atoms with Crippen LogP contribution in [0, 0.1) is 0 Å². The van der Waals surface area contributed by atoms with Gasteiger partial charge in [0.25, 0.3) is 0 Å². The molecule has 0 spiro atoms. The largest absolute Gasteiger partial charge is 0.493 e. The van der Waals surface area contributed by atoms with Crippen molar-refractivity contribution in [2.24, 2.45) is 0 Å². The first kappa shape index (κ1) is 22.9. The number of methoxy groups -OCH3 is 2. The molecule has 4 rings (SSSR count). The van der Waals surface area contributed by atoms with Gasteiger partial charge in [-0.05, 0) is 35.9 Å². The zero-order valence-electron chi connectivity index (χ0n) is 17.9. The van der Waals surface area contributed by atoms with Gasteiger partial charge in [-0.1, -0.05) is 30.3 Å². The third kappa shape index (κ3) is 4.32. The normalized spacial score (nSPS) is 11.3. The van der Waals surface area contributed by atoms with Crippen LogP contribution in [-0.4, -0.2) is 20.2 Å². The van der Waals surface area contributed by atoms with Crippen LogP contribution in [0.1, 0.15) is 16.1 Å². The first-order valence-corrected chi connectivity index (χ1v) is 9.90. The van der Waals surface area contributed by atoms with Crippen LogP contribution in [0.3, 0.4) is 0 Å². The number of rotatable bonds is 5. The zero-order valence-corrected chi connectivity index (χ0v) is 17.9. The van der Waals surface area contributed by atoms with Crippen LogP contribution in [0.2, 0.25) is 0 Å². The van der Waals surface area contributed by atoms with Gasteiger partial charge in [-0.25, -0.2) is 4.79 Å². The van der Waals surface area contributed by atoms with E-state index in [-0.39, 0.29) is 27.8 Å². The molecule has 0 fully saturated rings. The predicted octanol–water partition coefficient (Wildman–Crippen LogP) is 5.72. The molecular formula is C25H17F3O6. The lowest BCUT2D eigenvalue weighted by molar-refractivity contribution is -0.152. The van der Waals surface area contributed by atoms with Gasteiger partial charge in [0.2, 0.25) is 11.2 Å². The number of halogens is 3. The minimum absolute atomic E-state index is 0.0782. The van der Waals surface area contributed by atoms with Gasteiger partial charge in [-0.15, -0.1) is 0 Å². The molecule has 0 atom stereocenters.